The summed E-state index contributed by atoms with van der Waals surface area (Å²) in [6, 6.07) is 52.5. The molecule has 0 unspecified atom stereocenters. The summed E-state index contributed by atoms with van der Waals surface area (Å²) in [6.45, 7) is 0. The maximum absolute atomic E-state index is 9.90. The zero-order valence-electron chi connectivity index (χ0n) is 28.6. The number of pyridine rings is 2. The van der Waals surface area contributed by atoms with Gasteiger partial charge in [-0.25, -0.2) is 9.97 Å². The van der Waals surface area contributed by atoms with E-state index in [9.17, 15) is 10.5 Å². The molecule has 10 aromatic rings. The third-order valence-corrected chi connectivity index (χ3v) is 11.7. The summed E-state index contributed by atoms with van der Waals surface area (Å²) in [5, 5.41) is 31.7. The van der Waals surface area contributed by atoms with E-state index in [1.807, 2.05) is 24.3 Å². The Labute approximate surface area is 309 Å². The van der Waals surface area contributed by atoms with Gasteiger partial charge in [-0.15, -0.1) is 0 Å². The molecule has 2 aliphatic carbocycles. The van der Waals surface area contributed by atoms with Crippen molar-refractivity contribution in [3.63, 3.8) is 0 Å². The number of hydrogen-bond acceptors (Lipinski definition) is 4. The van der Waals surface area contributed by atoms with E-state index in [0.29, 0.717) is 11.4 Å². The summed E-state index contributed by atoms with van der Waals surface area (Å²) in [7, 11) is 0. The van der Waals surface area contributed by atoms with E-state index in [0.717, 1.165) is 54.6 Å². The quantitative estimate of drug-likeness (QED) is 0.170. The minimum Gasteiger partial charge on any atom is -0.246 e. The molecule has 244 valence electrons. The fourth-order valence-corrected chi connectivity index (χ4v) is 9.60. The fourth-order valence-electron chi connectivity index (χ4n) is 9.60. The molecule has 4 nitrogen and oxygen atoms in total. The topological polar surface area (TPSA) is 73.4 Å². The van der Waals surface area contributed by atoms with Gasteiger partial charge in [0.2, 0.25) is 0 Å². The Hall–Kier alpha value is -7.66. The lowest BCUT2D eigenvalue weighted by molar-refractivity contribution is 1.27. The third-order valence-electron chi connectivity index (χ3n) is 11.7. The molecule has 0 bridgehead atoms. The van der Waals surface area contributed by atoms with Crippen LogP contribution >= 0.6 is 0 Å². The molecule has 2 heterocycles. The molecule has 0 aliphatic heterocycles. The largest absolute Gasteiger partial charge is 0.246 e. The molecular formula is C50H24N4. The van der Waals surface area contributed by atoms with Gasteiger partial charge in [0.05, 0.1) is 0 Å². The van der Waals surface area contributed by atoms with Crippen molar-refractivity contribution in [1.29, 1.82) is 10.5 Å². The van der Waals surface area contributed by atoms with Gasteiger partial charge in [0.15, 0.2) is 0 Å². The molecule has 0 spiro atoms. The van der Waals surface area contributed by atoms with Crippen molar-refractivity contribution < 1.29 is 0 Å². The number of benzene rings is 8. The van der Waals surface area contributed by atoms with Crippen molar-refractivity contribution in [1.82, 2.24) is 9.97 Å². The molecule has 0 fully saturated rings. The Balaban J connectivity index is 1.24. The number of fused-ring (bicyclic) bond motifs is 11. The molecule has 0 radical (unpaired) electrons. The van der Waals surface area contributed by atoms with Crippen LogP contribution in [-0.2, 0) is 0 Å². The van der Waals surface area contributed by atoms with Crippen molar-refractivity contribution in [2.75, 3.05) is 0 Å². The molecule has 8 aromatic carbocycles. The molecule has 4 heteroatoms. The second-order valence-electron chi connectivity index (χ2n) is 14.3. The maximum Gasteiger partial charge on any atom is 0.141 e. The molecule has 2 aromatic heterocycles. The van der Waals surface area contributed by atoms with Gasteiger partial charge >= 0.3 is 0 Å². The first-order valence-electron chi connectivity index (χ1n) is 18.0. The lowest BCUT2D eigenvalue weighted by atomic mass is 9.84. The van der Waals surface area contributed by atoms with E-state index in [-0.39, 0.29) is 0 Å². The standard InChI is InChI=1S/C50H24N4/c51-25-31-21-29(17-19-53-31)47-37-15-14-34-33(41(37)23-43-35-9-1-5-27-7-3-11-39(45(27)35)49(43)47)13-16-38-42(34)24-44-36-10-2-6-28-8-4-12-40(46(28)36)50(44)48(38)30-18-20-54-32(22-30)26-52/h1-24H. The Morgan fingerprint density at radius 3 is 1.19 bits per heavy atom. The van der Waals surface area contributed by atoms with Gasteiger partial charge in [-0.05, 0) is 157 Å². The van der Waals surface area contributed by atoms with E-state index in [1.54, 1.807) is 12.4 Å². The van der Waals surface area contributed by atoms with Crippen LogP contribution in [0.5, 0.6) is 0 Å². The Bertz CT molecular complexity index is 3230. The van der Waals surface area contributed by atoms with Gasteiger partial charge < -0.3 is 0 Å². The summed E-state index contributed by atoms with van der Waals surface area (Å²) < 4.78 is 0. The predicted molar refractivity (Wildman–Crippen MR) is 219 cm³/mol. The smallest absolute Gasteiger partial charge is 0.141 e. The lowest BCUT2D eigenvalue weighted by Crippen LogP contribution is -1.93. The van der Waals surface area contributed by atoms with E-state index >= 15 is 0 Å². The van der Waals surface area contributed by atoms with Crippen LogP contribution in [0.3, 0.4) is 0 Å². The summed E-state index contributed by atoms with van der Waals surface area (Å²) in [4.78, 5) is 8.68. The normalized spacial score (nSPS) is 12.0. The van der Waals surface area contributed by atoms with Crippen LogP contribution < -0.4 is 0 Å². The highest BCUT2D eigenvalue weighted by molar-refractivity contribution is 6.30. The molecule has 54 heavy (non-hydrogen) atoms. The number of nitriles is 2. The van der Waals surface area contributed by atoms with Crippen molar-refractivity contribution in [2.24, 2.45) is 0 Å². The first-order valence-corrected chi connectivity index (χ1v) is 18.0. The molecular weight excluding hydrogens is 657 g/mol. The Morgan fingerprint density at radius 2 is 0.759 bits per heavy atom. The first kappa shape index (κ1) is 29.0. The van der Waals surface area contributed by atoms with Crippen LogP contribution in [0.4, 0.5) is 0 Å². The summed E-state index contributed by atoms with van der Waals surface area (Å²) in [5.41, 5.74) is 14.6. The fraction of sp³-hybridized carbons (Fsp3) is 0. The molecule has 0 amide bonds. The molecule has 0 saturated carbocycles. The van der Waals surface area contributed by atoms with E-state index in [4.69, 9.17) is 0 Å². The van der Waals surface area contributed by atoms with Gasteiger partial charge in [-0.1, -0.05) is 97.1 Å². The van der Waals surface area contributed by atoms with E-state index in [1.165, 1.54) is 66.1 Å². The van der Waals surface area contributed by atoms with Gasteiger partial charge in [0.1, 0.15) is 23.5 Å². The molecule has 0 N–H and O–H groups in total. The average molecular weight is 681 g/mol. The minimum absolute atomic E-state index is 0.395. The highest BCUT2D eigenvalue weighted by atomic mass is 14.7. The zero-order chi connectivity index (χ0) is 35.7. The van der Waals surface area contributed by atoms with E-state index < -0.39 is 0 Å². The van der Waals surface area contributed by atoms with Crippen molar-refractivity contribution in [2.45, 2.75) is 0 Å². The van der Waals surface area contributed by atoms with Crippen LogP contribution in [0.25, 0.3) is 121 Å². The van der Waals surface area contributed by atoms with Gasteiger partial charge in [-0.2, -0.15) is 10.5 Å². The zero-order valence-corrected chi connectivity index (χ0v) is 28.6. The number of rotatable bonds is 2. The monoisotopic (exact) mass is 680 g/mol. The van der Waals surface area contributed by atoms with Gasteiger partial charge in [0, 0.05) is 12.4 Å². The Kier molecular flexibility index (Phi) is 5.61. The lowest BCUT2D eigenvalue weighted by Gasteiger charge is -2.19. The maximum atomic E-state index is 9.90. The number of hydrogen-bond donors (Lipinski definition) is 0. The summed E-state index contributed by atoms with van der Waals surface area (Å²) >= 11 is 0. The Morgan fingerprint density at radius 1 is 0.352 bits per heavy atom. The number of nitrogens with zero attached hydrogens (tertiary/aromatic N) is 4. The molecule has 0 atom stereocenters. The van der Waals surface area contributed by atoms with Crippen molar-refractivity contribution in [3.05, 3.63) is 157 Å². The van der Waals surface area contributed by atoms with Crippen molar-refractivity contribution in [3.8, 4) is 78.9 Å². The predicted octanol–water partition coefficient (Wildman–Crippen LogP) is 12.6. The van der Waals surface area contributed by atoms with Gasteiger partial charge in [-0.3, -0.25) is 0 Å². The van der Waals surface area contributed by atoms with Crippen molar-refractivity contribution >= 4 is 53.9 Å². The summed E-state index contributed by atoms with van der Waals surface area (Å²) in [5.74, 6) is 0. The molecule has 12 rings (SSSR count). The van der Waals surface area contributed by atoms with Crippen LogP contribution in [0.15, 0.2) is 146 Å². The SMILES string of the molecule is N#Cc1cc(-c2c3c(cc4c2ccc2c5cc6c(c(-c7ccnc(C#N)c7)c5ccc42)-c2cccc4cccc-6c24)-c2cccc4cccc-3c24)ccn1. The van der Waals surface area contributed by atoms with Crippen LogP contribution in [0.1, 0.15) is 11.4 Å². The van der Waals surface area contributed by atoms with Crippen LogP contribution in [0.2, 0.25) is 0 Å². The highest BCUT2D eigenvalue weighted by Gasteiger charge is 2.29. The first-order chi connectivity index (χ1) is 26.7. The van der Waals surface area contributed by atoms with Gasteiger partial charge in [0.25, 0.3) is 0 Å². The second kappa shape index (κ2) is 10.5. The number of aromatic nitrogens is 2. The summed E-state index contributed by atoms with van der Waals surface area (Å²) in [6.07, 6.45) is 3.49. The van der Waals surface area contributed by atoms with E-state index in [2.05, 4.69) is 131 Å². The average Bonchev–Trinajstić information content (AvgIpc) is 3.73. The second-order valence-corrected chi connectivity index (χ2v) is 14.3. The highest BCUT2D eigenvalue weighted by Crippen LogP contribution is 2.56. The molecule has 2 aliphatic rings. The molecule has 0 saturated heterocycles. The van der Waals surface area contributed by atoms with Crippen LogP contribution in [-0.4, -0.2) is 9.97 Å². The third kappa shape index (κ3) is 3.68. The van der Waals surface area contributed by atoms with Crippen LogP contribution in [0, 0.1) is 22.7 Å². The minimum atomic E-state index is 0.395.